The highest BCUT2D eigenvalue weighted by atomic mass is 32.1. The van der Waals surface area contributed by atoms with Gasteiger partial charge in [0.25, 0.3) is 5.91 Å². The largest absolute Gasteiger partial charge is 0.307 e. The molecule has 0 aliphatic carbocycles. The monoisotopic (exact) mass is 368 g/mol. The second-order valence-electron chi connectivity index (χ2n) is 5.21. The van der Waals surface area contributed by atoms with Crippen LogP contribution in [0, 0.1) is 0 Å². The first-order valence-electron chi connectivity index (χ1n) is 7.76. The van der Waals surface area contributed by atoms with Gasteiger partial charge in [-0.3, -0.25) is 10.1 Å². The number of nitrogens with zero attached hydrogens (tertiary/aromatic N) is 2. The van der Waals surface area contributed by atoms with Gasteiger partial charge in [0, 0.05) is 5.56 Å². The molecule has 0 radical (unpaired) electrons. The number of anilines is 1. The Bertz CT molecular complexity index is 876. The summed E-state index contributed by atoms with van der Waals surface area (Å²) in [6.45, 7) is 2.00. The van der Waals surface area contributed by atoms with Gasteiger partial charge in [-0.2, -0.15) is 0 Å². The van der Waals surface area contributed by atoms with E-state index in [1.807, 2.05) is 49.4 Å². The Labute approximate surface area is 155 Å². The van der Waals surface area contributed by atoms with E-state index in [0.717, 1.165) is 22.6 Å². The zero-order valence-corrected chi connectivity index (χ0v) is 15.2. The number of rotatable bonds is 4. The second-order valence-corrected chi connectivity index (χ2v) is 6.68. The van der Waals surface area contributed by atoms with Gasteiger partial charge in [-0.1, -0.05) is 60.7 Å². The highest BCUT2D eigenvalue weighted by Crippen LogP contribution is 2.19. The van der Waals surface area contributed by atoms with E-state index in [1.165, 1.54) is 11.3 Å². The van der Waals surface area contributed by atoms with Gasteiger partial charge in [-0.25, -0.2) is 0 Å². The molecule has 1 aromatic heterocycles. The van der Waals surface area contributed by atoms with Crippen LogP contribution in [0.2, 0.25) is 0 Å². The van der Waals surface area contributed by atoms with E-state index in [-0.39, 0.29) is 11.0 Å². The summed E-state index contributed by atoms with van der Waals surface area (Å²) in [7, 11) is 0. The van der Waals surface area contributed by atoms with Crippen molar-refractivity contribution in [2.75, 3.05) is 5.32 Å². The summed E-state index contributed by atoms with van der Waals surface area (Å²) in [6, 6.07) is 17.4. The topological polar surface area (TPSA) is 66.9 Å². The molecule has 0 saturated heterocycles. The van der Waals surface area contributed by atoms with Gasteiger partial charge < -0.3 is 5.32 Å². The zero-order valence-electron chi connectivity index (χ0n) is 13.5. The Hall–Kier alpha value is -2.64. The highest BCUT2D eigenvalue weighted by Gasteiger charge is 2.10. The van der Waals surface area contributed by atoms with Crippen molar-refractivity contribution < 1.29 is 4.79 Å². The van der Waals surface area contributed by atoms with E-state index in [4.69, 9.17) is 12.2 Å². The normalized spacial score (nSPS) is 10.3. The fraction of sp³-hybridized carbons (Fsp3) is 0.111. The van der Waals surface area contributed by atoms with Crippen molar-refractivity contribution in [3.8, 4) is 11.1 Å². The number of hydrogen-bond donors (Lipinski definition) is 2. The van der Waals surface area contributed by atoms with E-state index in [1.54, 1.807) is 12.1 Å². The fourth-order valence-corrected chi connectivity index (χ4v) is 3.13. The fourth-order valence-electron chi connectivity index (χ4n) is 2.20. The van der Waals surface area contributed by atoms with Crippen molar-refractivity contribution in [1.29, 1.82) is 0 Å². The summed E-state index contributed by atoms with van der Waals surface area (Å²) in [6.07, 6.45) is 0.812. The third-order valence-electron chi connectivity index (χ3n) is 3.47. The molecular formula is C18H16N4OS2. The third kappa shape index (κ3) is 4.46. The number of benzene rings is 2. The Balaban J connectivity index is 1.61. The predicted octanol–water partition coefficient (Wildman–Crippen LogP) is 3.89. The number of carbonyl (C=O) groups is 1. The molecule has 0 saturated carbocycles. The first-order chi connectivity index (χ1) is 12.2. The van der Waals surface area contributed by atoms with Crippen LogP contribution in [0.4, 0.5) is 5.13 Å². The summed E-state index contributed by atoms with van der Waals surface area (Å²) in [5, 5.41) is 15.2. The summed E-state index contributed by atoms with van der Waals surface area (Å²) in [5.41, 5.74) is 2.70. The molecule has 3 aromatic rings. The maximum absolute atomic E-state index is 12.3. The Kier molecular flexibility index (Phi) is 5.47. The highest BCUT2D eigenvalue weighted by molar-refractivity contribution is 7.80. The zero-order chi connectivity index (χ0) is 17.6. The van der Waals surface area contributed by atoms with Gasteiger partial charge in [-0.05, 0) is 41.9 Å². The minimum absolute atomic E-state index is 0.205. The molecule has 3 rings (SSSR count). The first kappa shape index (κ1) is 17.2. The lowest BCUT2D eigenvalue weighted by Crippen LogP contribution is -2.34. The lowest BCUT2D eigenvalue weighted by Gasteiger charge is -2.08. The smallest absolute Gasteiger partial charge is 0.257 e. The summed E-state index contributed by atoms with van der Waals surface area (Å²) in [4.78, 5) is 12.3. The van der Waals surface area contributed by atoms with Crippen LogP contribution >= 0.6 is 23.6 Å². The minimum Gasteiger partial charge on any atom is -0.307 e. The Morgan fingerprint density at radius 1 is 1.04 bits per heavy atom. The van der Waals surface area contributed by atoms with Crippen LogP contribution in [0.3, 0.4) is 0 Å². The lowest BCUT2D eigenvalue weighted by molar-refractivity contribution is 0.0978. The third-order valence-corrected chi connectivity index (χ3v) is 4.66. The molecule has 0 fully saturated rings. The van der Waals surface area contributed by atoms with Crippen molar-refractivity contribution in [2.24, 2.45) is 0 Å². The number of nitrogens with one attached hydrogen (secondary N) is 2. The maximum atomic E-state index is 12.3. The van der Waals surface area contributed by atoms with Crippen LogP contribution in [-0.4, -0.2) is 21.2 Å². The maximum Gasteiger partial charge on any atom is 0.257 e. The molecule has 1 amide bonds. The molecule has 0 atom stereocenters. The molecule has 0 aliphatic rings. The van der Waals surface area contributed by atoms with Crippen molar-refractivity contribution >= 4 is 39.7 Å². The van der Waals surface area contributed by atoms with Crippen LogP contribution in [0.1, 0.15) is 22.3 Å². The van der Waals surface area contributed by atoms with E-state index >= 15 is 0 Å². The number of carbonyl (C=O) groups excluding carboxylic acids is 1. The molecular weight excluding hydrogens is 352 g/mol. The van der Waals surface area contributed by atoms with Gasteiger partial charge >= 0.3 is 0 Å². The van der Waals surface area contributed by atoms with Crippen molar-refractivity contribution in [3.05, 3.63) is 65.2 Å². The average molecular weight is 368 g/mol. The summed E-state index contributed by atoms with van der Waals surface area (Å²) >= 11 is 6.57. The predicted molar refractivity (Wildman–Crippen MR) is 105 cm³/mol. The van der Waals surface area contributed by atoms with Crippen molar-refractivity contribution in [1.82, 2.24) is 15.5 Å². The molecule has 0 unspecified atom stereocenters. The van der Waals surface area contributed by atoms with Gasteiger partial charge in [0.05, 0.1) is 0 Å². The van der Waals surface area contributed by atoms with Gasteiger partial charge in [0.1, 0.15) is 5.01 Å². The molecule has 2 N–H and O–H groups in total. The number of amides is 1. The SMILES string of the molecule is CCc1nnc(NC(=S)NC(=O)c2ccc(-c3ccccc3)cc2)s1. The van der Waals surface area contributed by atoms with E-state index < -0.39 is 0 Å². The van der Waals surface area contributed by atoms with Crippen LogP contribution < -0.4 is 10.6 Å². The standard InChI is InChI=1S/C18H16N4OS2/c1-2-15-21-22-18(25-15)20-17(24)19-16(23)14-10-8-13(9-11-14)12-6-4-3-5-7-12/h3-11H,2H2,1H3,(H2,19,20,22,23,24). The van der Waals surface area contributed by atoms with Crippen LogP contribution in [0.25, 0.3) is 11.1 Å². The molecule has 126 valence electrons. The minimum atomic E-state index is -0.266. The van der Waals surface area contributed by atoms with Crippen LogP contribution in [-0.2, 0) is 6.42 Å². The van der Waals surface area contributed by atoms with Gasteiger partial charge in [0.2, 0.25) is 5.13 Å². The molecule has 5 nitrogen and oxygen atoms in total. The summed E-state index contributed by atoms with van der Waals surface area (Å²) < 4.78 is 0. The molecule has 0 bridgehead atoms. The first-order valence-corrected chi connectivity index (χ1v) is 8.98. The Morgan fingerprint density at radius 3 is 2.36 bits per heavy atom. The van der Waals surface area contributed by atoms with Crippen LogP contribution in [0.5, 0.6) is 0 Å². The molecule has 2 aromatic carbocycles. The van der Waals surface area contributed by atoms with Gasteiger partial charge in [-0.15, -0.1) is 10.2 Å². The van der Waals surface area contributed by atoms with E-state index in [0.29, 0.717) is 10.7 Å². The molecule has 25 heavy (non-hydrogen) atoms. The second kappa shape index (κ2) is 7.96. The molecule has 0 spiro atoms. The van der Waals surface area contributed by atoms with Crippen LogP contribution in [0.15, 0.2) is 54.6 Å². The quantitative estimate of drug-likeness (QED) is 0.684. The molecule has 1 heterocycles. The van der Waals surface area contributed by atoms with Crippen molar-refractivity contribution in [2.45, 2.75) is 13.3 Å². The number of thiocarbonyl (C=S) groups is 1. The van der Waals surface area contributed by atoms with Gasteiger partial charge in [0.15, 0.2) is 5.11 Å². The van der Waals surface area contributed by atoms with Crippen molar-refractivity contribution in [3.63, 3.8) is 0 Å². The summed E-state index contributed by atoms with van der Waals surface area (Å²) in [5.74, 6) is -0.266. The average Bonchev–Trinajstić information content (AvgIpc) is 3.10. The number of aryl methyl sites for hydroxylation is 1. The van der Waals surface area contributed by atoms with E-state index in [9.17, 15) is 4.79 Å². The molecule has 0 aliphatic heterocycles. The lowest BCUT2D eigenvalue weighted by atomic mass is 10.0. The number of aromatic nitrogens is 2. The number of hydrogen-bond acceptors (Lipinski definition) is 5. The van der Waals surface area contributed by atoms with E-state index in [2.05, 4.69) is 20.8 Å². The Morgan fingerprint density at radius 2 is 1.72 bits per heavy atom. The molecule has 7 heteroatoms.